The van der Waals surface area contributed by atoms with E-state index in [4.69, 9.17) is 15.2 Å². The topological polar surface area (TPSA) is 57.4 Å². The molecule has 114 valence electrons. The minimum absolute atomic E-state index is 0.0543. The molecule has 0 fully saturated rings. The van der Waals surface area contributed by atoms with Crippen molar-refractivity contribution in [2.75, 3.05) is 12.3 Å². The molecule has 1 aromatic rings. The first-order chi connectivity index (χ1) is 9.63. The van der Waals surface area contributed by atoms with Gasteiger partial charge in [0.15, 0.2) is 0 Å². The second-order valence-electron chi connectivity index (χ2n) is 5.33. The molecule has 0 amide bonds. The number of anilines is 1. The fourth-order valence-electron chi connectivity index (χ4n) is 1.89. The van der Waals surface area contributed by atoms with Crippen molar-refractivity contribution < 1.29 is 9.47 Å². The molecule has 4 nitrogen and oxygen atoms in total. The van der Waals surface area contributed by atoms with Crippen LogP contribution in [0.4, 0.5) is 5.69 Å². The van der Waals surface area contributed by atoms with E-state index in [1.54, 1.807) is 12.1 Å². The molecular weight excluding hydrogens is 252 g/mol. The van der Waals surface area contributed by atoms with E-state index in [2.05, 4.69) is 11.9 Å². The summed E-state index contributed by atoms with van der Waals surface area (Å²) in [6.07, 6.45) is 7.55. The first kappa shape index (κ1) is 16.6. The average Bonchev–Trinajstić information content (AvgIpc) is 2.40. The van der Waals surface area contributed by atoms with Crippen molar-refractivity contribution in [2.45, 2.75) is 65.4 Å². The summed E-state index contributed by atoms with van der Waals surface area (Å²) in [6.45, 7) is 6.83. The molecule has 0 aliphatic rings. The lowest BCUT2D eigenvalue weighted by atomic mass is 10.1. The molecule has 0 saturated carbocycles. The van der Waals surface area contributed by atoms with Gasteiger partial charge in [0, 0.05) is 6.07 Å². The Balaban J connectivity index is 2.29. The van der Waals surface area contributed by atoms with E-state index < -0.39 is 0 Å². The lowest BCUT2D eigenvalue weighted by molar-refractivity contribution is 0.227. The maximum atomic E-state index is 5.82. The summed E-state index contributed by atoms with van der Waals surface area (Å²) in [5.74, 6) is 1.05. The molecule has 1 rings (SSSR count). The zero-order chi connectivity index (χ0) is 14.8. The largest absolute Gasteiger partial charge is 0.478 e. The van der Waals surface area contributed by atoms with E-state index in [1.165, 1.54) is 32.1 Å². The number of nitrogen functional groups attached to an aromatic ring is 1. The van der Waals surface area contributed by atoms with Crippen LogP contribution in [0, 0.1) is 0 Å². The molecule has 0 unspecified atom stereocenters. The fourth-order valence-corrected chi connectivity index (χ4v) is 1.89. The maximum absolute atomic E-state index is 5.82. The predicted octanol–water partition coefficient (Wildman–Crippen LogP) is 4.19. The van der Waals surface area contributed by atoms with E-state index in [-0.39, 0.29) is 6.10 Å². The number of nitrogens with two attached hydrogens (primary N) is 1. The van der Waals surface area contributed by atoms with E-state index >= 15 is 0 Å². The normalized spacial score (nSPS) is 10.8. The van der Waals surface area contributed by atoms with Gasteiger partial charge in [0.25, 0.3) is 0 Å². The number of hydrogen-bond donors (Lipinski definition) is 1. The second-order valence-corrected chi connectivity index (χ2v) is 5.33. The van der Waals surface area contributed by atoms with Gasteiger partial charge in [-0.15, -0.1) is 0 Å². The molecule has 2 N–H and O–H groups in total. The molecule has 20 heavy (non-hydrogen) atoms. The van der Waals surface area contributed by atoms with Gasteiger partial charge in [-0.05, 0) is 26.3 Å². The minimum atomic E-state index is 0.0543. The van der Waals surface area contributed by atoms with Gasteiger partial charge in [-0.3, -0.25) is 0 Å². The van der Waals surface area contributed by atoms with Gasteiger partial charge >= 0.3 is 0 Å². The Kier molecular flexibility index (Phi) is 7.85. The zero-order valence-corrected chi connectivity index (χ0v) is 13.0. The lowest BCUT2D eigenvalue weighted by Gasteiger charge is -2.12. The summed E-state index contributed by atoms with van der Waals surface area (Å²) >= 11 is 0. The van der Waals surface area contributed by atoms with Crippen LogP contribution in [0.25, 0.3) is 0 Å². The Morgan fingerprint density at radius 1 is 1.10 bits per heavy atom. The number of hydrogen-bond acceptors (Lipinski definition) is 4. The average molecular weight is 280 g/mol. The molecule has 0 bridgehead atoms. The molecule has 0 aliphatic heterocycles. The van der Waals surface area contributed by atoms with Gasteiger partial charge < -0.3 is 15.2 Å². The third-order valence-electron chi connectivity index (χ3n) is 2.96. The Morgan fingerprint density at radius 3 is 2.50 bits per heavy atom. The Labute approximate surface area is 122 Å². The first-order valence-electron chi connectivity index (χ1n) is 7.69. The molecule has 0 aliphatic carbocycles. The van der Waals surface area contributed by atoms with Gasteiger partial charge in [0.05, 0.1) is 18.4 Å². The molecule has 0 saturated heterocycles. The number of pyridine rings is 1. The van der Waals surface area contributed by atoms with Crippen molar-refractivity contribution in [3.8, 4) is 11.8 Å². The smallest absolute Gasteiger partial charge is 0.240 e. The first-order valence-corrected chi connectivity index (χ1v) is 7.69. The molecule has 1 heterocycles. The van der Waals surface area contributed by atoms with Crippen molar-refractivity contribution in [3.63, 3.8) is 0 Å². The third-order valence-corrected chi connectivity index (χ3v) is 2.96. The van der Waals surface area contributed by atoms with E-state index in [9.17, 15) is 0 Å². The minimum Gasteiger partial charge on any atom is -0.478 e. The van der Waals surface area contributed by atoms with E-state index in [0.29, 0.717) is 24.1 Å². The van der Waals surface area contributed by atoms with Crippen LogP contribution >= 0.6 is 0 Å². The SMILES string of the molecule is CCCCCCCCOc1ccc(N)c(OC(C)C)n1. The van der Waals surface area contributed by atoms with E-state index in [0.717, 1.165) is 6.42 Å². The highest BCUT2D eigenvalue weighted by atomic mass is 16.5. The molecule has 0 aromatic carbocycles. The lowest BCUT2D eigenvalue weighted by Crippen LogP contribution is -2.09. The fraction of sp³-hybridized carbons (Fsp3) is 0.688. The van der Waals surface area contributed by atoms with Crippen LogP contribution in [0.2, 0.25) is 0 Å². The number of aromatic nitrogens is 1. The highest BCUT2D eigenvalue weighted by Gasteiger charge is 2.07. The van der Waals surface area contributed by atoms with Gasteiger partial charge in [-0.2, -0.15) is 4.98 Å². The highest BCUT2D eigenvalue weighted by molar-refractivity contribution is 5.49. The van der Waals surface area contributed by atoms with E-state index in [1.807, 2.05) is 13.8 Å². The van der Waals surface area contributed by atoms with Crippen LogP contribution in [0.5, 0.6) is 11.8 Å². The van der Waals surface area contributed by atoms with Gasteiger partial charge in [-0.25, -0.2) is 0 Å². The van der Waals surface area contributed by atoms with Crippen molar-refractivity contribution in [1.82, 2.24) is 4.98 Å². The Bertz CT molecular complexity index is 381. The molecule has 0 atom stereocenters. The summed E-state index contributed by atoms with van der Waals surface area (Å²) in [4.78, 5) is 4.29. The second kappa shape index (κ2) is 9.45. The molecule has 0 spiro atoms. The van der Waals surface area contributed by atoms with Crippen molar-refractivity contribution >= 4 is 5.69 Å². The van der Waals surface area contributed by atoms with Crippen molar-refractivity contribution in [3.05, 3.63) is 12.1 Å². The summed E-state index contributed by atoms with van der Waals surface area (Å²) in [6, 6.07) is 3.57. The van der Waals surface area contributed by atoms with Crippen molar-refractivity contribution in [1.29, 1.82) is 0 Å². The van der Waals surface area contributed by atoms with Crippen LogP contribution in [0.3, 0.4) is 0 Å². The van der Waals surface area contributed by atoms with Crippen LogP contribution < -0.4 is 15.2 Å². The summed E-state index contributed by atoms with van der Waals surface area (Å²) in [7, 11) is 0. The van der Waals surface area contributed by atoms with Crippen LogP contribution in [0.1, 0.15) is 59.3 Å². The summed E-state index contributed by atoms with van der Waals surface area (Å²) in [5.41, 5.74) is 6.36. The molecular formula is C16H28N2O2. The Morgan fingerprint density at radius 2 is 1.80 bits per heavy atom. The van der Waals surface area contributed by atoms with Gasteiger partial charge in [0.2, 0.25) is 11.8 Å². The third kappa shape index (κ3) is 6.64. The summed E-state index contributed by atoms with van der Waals surface area (Å²) < 4.78 is 11.2. The molecule has 1 aromatic heterocycles. The number of ether oxygens (including phenoxy) is 2. The van der Waals surface area contributed by atoms with Crippen LogP contribution in [-0.4, -0.2) is 17.7 Å². The van der Waals surface area contributed by atoms with Crippen molar-refractivity contribution in [2.24, 2.45) is 0 Å². The number of rotatable bonds is 10. The number of unbranched alkanes of at least 4 members (excludes halogenated alkanes) is 5. The quantitative estimate of drug-likeness (QED) is 0.653. The Hall–Kier alpha value is -1.45. The highest BCUT2D eigenvalue weighted by Crippen LogP contribution is 2.23. The van der Waals surface area contributed by atoms with Gasteiger partial charge in [-0.1, -0.05) is 39.0 Å². The standard InChI is InChI=1S/C16H28N2O2/c1-4-5-6-7-8-9-12-19-15-11-10-14(17)16(18-15)20-13(2)3/h10-11,13H,4-9,12,17H2,1-3H3. The molecule has 0 radical (unpaired) electrons. The molecule has 4 heteroatoms. The predicted molar refractivity (Wildman–Crippen MR) is 83.3 cm³/mol. The van der Waals surface area contributed by atoms with Crippen LogP contribution in [-0.2, 0) is 0 Å². The number of nitrogens with zero attached hydrogens (tertiary/aromatic N) is 1. The summed E-state index contributed by atoms with van der Waals surface area (Å²) in [5, 5.41) is 0. The monoisotopic (exact) mass is 280 g/mol. The van der Waals surface area contributed by atoms with Gasteiger partial charge in [0.1, 0.15) is 0 Å². The zero-order valence-electron chi connectivity index (χ0n) is 13.0. The maximum Gasteiger partial charge on any atom is 0.240 e. The van der Waals surface area contributed by atoms with Crippen LogP contribution in [0.15, 0.2) is 12.1 Å².